The van der Waals surface area contributed by atoms with E-state index in [1.54, 1.807) is 0 Å². The number of aromatic carboxylic acids is 1. The van der Waals surface area contributed by atoms with Crippen LogP contribution in [0.4, 0.5) is 10.2 Å². The molecule has 0 saturated carbocycles. The van der Waals surface area contributed by atoms with Crippen molar-refractivity contribution in [2.24, 2.45) is 5.92 Å². The molecule has 0 bridgehead atoms. The highest BCUT2D eigenvalue weighted by Gasteiger charge is 2.31. The maximum absolute atomic E-state index is 13.7. The van der Waals surface area contributed by atoms with E-state index in [4.69, 9.17) is 9.26 Å². The molecule has 1 N–H and O–H groups in total. The number of hydrogen-bond donors (Lipinski definition) is 1. The van der Waals surface area contributed by atoms with Crippen LogP contribution in [-0.2, 0) is 0 Å². The third kappa shape index (κ3) is 4.05. The van der Waals surface area contributed by atoms with Crippen LogP contribution in [-0.4, -0.2) is 62.0 Å². The van der Waals surface area contributed by atoms with Crippen molar-refractivity contribution in [2.75, 3.05) is 45.7 Å². The van der Waals surface area contributed by atoms with E-state index in [1.165, 1.54) is 25.3 Å². The second kappa shape index (κ2) is 7.96. The largest absolute Gasteiger partial charge is 0.494 e. The van der Waals surface area contributed by atoms with Crippen LogP contribution in [0.3, 0.4) is 0 Å². The van der Waals surface area contributed by atoms with E-state index in [2.05, 4.69) is 10.1 Å². The Bertz CT molecular complexity index is 821. The number of anilines is 1. The molecule has 1 atom stereocenters. The summed E-state index contributed by atoms with van der Waals surface area (Å²) in [5, 5.41) is 13.8. The predicted octanol–water partition coefficient (Wildman–Crippen LogP) is 2.97. The van der Waals surface area contributed by atoms with Crippen molar-refractivity contribution in [1.29, 1.82) is 0 Å². The smallest absolute Gasteiger partial charge is 0.343 e. The van der Waals surface area contributed by atoms with Crippen molar-refractivity contribution in [3.05, 3.63) is 29.6 Å². The summed E-state index contributed by atoms with van der Waals surface area (Å²) in [4.78, 5) is 16.1. The normalized spacial score (nSPS) is 17.4. The zero-order valence-electron chi connectivity index (χ0n) is 15.7. The maximum Gasteiger partial charge on any atom is 0.343 e. The summed E-state index contributed by atoms with van der Waals surface area (Å²) in [6.07, 6.45) is 2.06. The van der Waals surface area contributed by atoms with Gasteiger partial charge in [-0.2, -0.15) is 0 Å². The number of carbonyl (C=O) groups is 1. The molecule has 1 aromatic heterocycles. The molecule has 2 aromatic rings. The van der Waals surface area contributed by atoms with Gasteiger partial charge in [-0.25, -0.2) is 9.18 Å². The first-order valence-electron chi connectivity index (χ1n) is 8.87. The van der Waals surface area contributed by atoms with Gasteiger partial charge in [0.25, 0.3) is 0 Å². The van der Waals surface area contributed by atoms with Gasteiger partial charge in [-0.3, -0.25) is 0 Å². The number of nitrogens with zero attached hydrogens (tertiary/aromatic N) is 3. The molecule has 0 amide bonds. The fourth-order valence-corrected chi connectivity index (χ4v) is 3.61. The number of benzene rings is 1. The summed E-state index contributed by atoms with van der Waals surface area (Å²) < 4.78 is 24.1. The number of ether oxygens (including phenoxy) is 1. The molecule has 1 aliphatic rings. The van der Waals surface area contributed by atoms with Gasteiger partial charge in [0.2, 0.25) is 0 Å². The van der Waals surface area contributed by atoms with Crippen molar-refractivity contribution in [2.45, 2.75) is 12.8 Å². The monoisotopic (exact) mass is 377 g/mol. The molecule has 1 aromatic carbocycles. The fraction of sp³-hybridized carbons (Fsp3) is 0.474. The van der Waals surface area contributed by atoms with Gasteiger partial charge in [-0.05, 0) is 51.1 Å². The summed E-state index contributed by atoms with van der Waals surface area (Å²) >= 11 is 0. The lowest BCUT2D eigenvalue weighted by molar-refractivity contribution is 0.0697. The Morgan fingerprint density at radius 1 is 1.48 bits per heavy atom. The molecule has 2 heterocycles. The number of halogens is 1. The minimum Gasteiger partial charge on any atom is -0.494 e. The number of methoxy groups -OCH3 is 1. The second-order valence-electron chi connectivity index (χ2n) is 7.08. The number of carboxylic acids is 1. The molecule has 27 heavy (non-hydrogen) atoms. The number of carboxylic acid groups (broad SMARTS) is 1. The second-order valence-corrected chi connectivity index (χ2v) is 7.08. The van der Waals surface area contributed by atoms with Crippen molar-refractivity contribution < 1.29 is 23.6 Å². The molecule has 3 rings (SSSR count). The lowest BCUT2D eigenvalue weighted by Gasteiger charge is -2.34. The number of aromatic nitrogens is 1. The zero-order valence-corrected chi connectivity index (χ0v) is 15.7. The average molecular weight is 377 g/mol. The zero-order chi connectivity index (χ0) is 19.6. The van der Waals surface area contributed by atoms with Crippen molar-refractivity contribution in [3.8, 4) is 17.1 Å². The van der Waals surface area contributed by atoms with Crippen molar-refractivity contribution >= 4 is 11.8 Å². The van der Waals surface area contributed by atoms with Gasteiger partial charge in [0.05, 0.1) is 7.11 Å². The number of piperidine rings is 1. The summed E-state index contributed by atoms with van der Waals surface area (Å²) in [7, 11) is 5.40. The summed E-state index contributed by atoms with van der Waals surface area (Å²) in [5.41, 5.74) is 0.403. The SMILES string of the molecule is COc1cc(-c2onc(N3CCCC(CN(C)C)C3)c2C(=O)O)ccc1F. The quantitative estimate of drug-likeness (QED) is 0.829. The highest BCUT2D eigenvalue weighted by atomic mass is 19.1. The van der Waals surface area contributed by atoms with E-state index in [-0.39, 0.29) is 17.1 Å². The lowest BCUT2D eigenvalue weighted by atomic mass is 9.97. The van der Waals surface area contributed by atoms with Crippen LogP contribution in [0.1, 0.15) is 23.2 Å². The first-order valence-corrected chi connectivity index (χ1v) is 8.87. The highest BCUT2D eigenvalue weighted by molar-refractivity contribution is 5.99. The van der Waals surface area contributed by atoms with Crippen molar-refractivity contribution in [3.63, 3.8) is 0 Å². The average Bonchev–Trinajstić information content (AvgIpc) is 3.07. The van der Waals surface area contributed by atoms with E-state index < -0.39 is 11.8 Å². The van der Waals surface area contributed by atoms with E-state index in [9.17, 15) is 14.3 Å². The molecule has 0 spiro atoms. The van der Waals surface area contributed by atoms with Gasteiger partial charge in [0, 0.05) is 25.2 Å². The Balaban J connectivity index is 1.95. The Morgan fingerprint density at radius 3 is 2.93 bits per heavy atom. The van der Waals surface area contributed by atoms with E-state index in [1.807, 2.05) is 19.0 Å². The van der Waals surface area contributed by atoms with Crippen LogP contribution in [0, 0.1) is 11.7 Å². The summed E-state index contributed by atoms with van der Waals surface area (Å²) in [5.74, 6) is -0.776. The van der Waals surface area contributed by atoms with Crippen LogP contribution in [0.15, 0.2) is 22.7 Å². The van der Waals surface area contributed by atoms with Gasteiger partial charge in [-0.1, -0.05) is 5.16 Å². The molecule has 146 valence electrons. The molecule has 7 nitrogen and oxygen atoms in total. The Labute approximate surface area is 157 Å². The van der Waals surface area contributed by atoms with Gasteiger partial charge >= 0.3 is 5.97 Å². The van der Waals surface area contributed by atoms with Crippen LogP contribution >= 0.6 is 0 Å². The van der Waals surface area contributed by atoms with Gasteiger partial charge in [-0.15, -0.1) is 0 Å². The van der Waals surface area contributed by atoms with E-state index in [0.29, 0.717) is 17.3 Å². The Morgan fingerprint density at radius 2 is 2.26 bits per heavy atom. The lowest BCUT2D eigenvalue weighted by Crippen LogP contribution is -2.40. The number of hydrogen-bond acceptors (Lipinski definition) is 6. The molecular weight excluding hydrogens is 353 g/mol. The Hall–Kier alpha value is -2.61. The number of rotatable bonds is 6. The van der Waals surface area contributed by atoms with Crippen LogP contribution in [0.2, 0.25) is 0 Å². The molecule has 1 fully saturated rings. The van der Waals surface area contributed by atoms with Gasteiger partial charge in [0.15, 0.2) is 28.7 Å². The highest BCUT2D eigenvalue weighted by Crippen LogP contribution is 2.35. The van der Waals surface area contributed by atoms with Crippen molar-refractivity contribution in [1.82, 2.24) is 10.1 Å². The molecule has 0 radical (unpaired) electrons. The molecule has 1 aliphatic heterocycles. The van der Waals surface area contributed by atoms with Crippen LogP contribution in [0.25, 0.3) is 11.3 Å². The fourth-order valence-electron chi connectivity index (χ4n) is 3.61. The predicted molar refractivity (Wildman–Crippen MR) is 98.9 cm³/mol. The Kier molecular flexibility index (Phi) is 5.65. The van der Waals surface area contributed by atoms with E-state index in [0.717, 1.165) is 32.5 Å². The first kappa shape index (κ1) is 19.2. The topological polar surface area (TPSA) is 79.0 Å². The minimum atomic E-state index is -1.13. The minimum absolute atomic E-state index is 0.00540. The third-order valence-corrected chi connectivity index (χ3v) is 4.74. The van der Waals surface area contributed by atoms with E-state index >= 15 is 0 Å². The molecule has 8 heteroatoms. The first-order chi connectivity index (χ1) is 12.9. The summed E-state index contributed by atoms with van der Waals surface area (Å²) in [6, 6.07) is 4.09. The molecule has 0 aliphatic carbocycles. The van der Waals surface area contributed by atoms with Crippen LogP contribution in [0.5, 0.6) is 5.75 Å². The standard InChI is InChI=1S/C19H24FN3O4/c1-22(2)10-12-5-4-8-23(11-12)18-16(19(24)25)17(27-21-18)13-6-7-14(20)15(9-13)26-3/h6-7,9,12H,4-5,8,10-11H2,1-3H3,(H,24,25). The third-order valence-electron chi connectivity index (χ3n) is 4.74. The molecule has 1 unspecified atom stereocenters. The maximum atomic E-state index is 13.7. The van der Waals surface area contributed by atoms with Crippen LogP contribution < -0.4 is 9.64 Å². The molecular formula is C19H24FN3O4. The van der Waals surface area contributed by atoms with Gasteiger partial charge in [0.1, 0.15) is 0 Å². The molecule has 1 saturated heterocycles. The van der Waals surface area contributed by atoms with Gasteiger partial charge < -0.3 is 24.2 Å². The summed E-state index contributed by atoms with van der Waals surface area (Å²) in [6.45, 7) is 2.37.